The summed E-state index contributed by atoms with van der Waals surface area (Å²) in [6.07, 6.45) is -3.64. The van der Waals surface area contributed by atoms with Crippen LogP contribution in [0.15, 0.2) is 12.6 Å². The fraction of sp³-hybridized carbons (Fsp3) is 0.500. The van der Waals surface area contributed by atoms with Crippen LogP contribution in [0.4, 0.5) is 0 Å². The molecule has 2 rings (SSSR count). The van der Waals surface area contributed by atoms with Gasteiger partial charge in [-0.3, -0.25) is 0 Å². The van der Waals surface area contributed by atoms with Gasteiger partial charge in [0.15, 0.2) is 0 Å². The molecule has 1 saturated heterocycles. The number of rotatable bonds is 3. The first-order valence-electron chi connectivity index (χ1n) is 5.08. The van der Waals surface area contributed by atoms with E-state index in [0.717, 1.165) is 11.5 Å². The second kappa shape index (κ2) is 4.71. The van der Waals surface area contributed by atoms with E-state index in [1.165, 1.54) is 0 Å². The van der Waals surface area contributed by atoms with E-state index in [9.17, 15) is 10.2 Å². The summed E-state index contributed by atoms with van der Waals surface area (Å²) in [6.45, 7) is 3.22. The van der Waals surface area contributed by atoms with Crippen molar-refractivity contribution >= 4 is 17.2 Å². The average Bonchev–Trinajstić information content (AvgIpc) is 2.87. The summed E-state index contributed by atoms with van der Waals surface area (Å²) in [4.78, 5) is 0.647. The molecule has 6 nitrogen and oxygen atoms in total. The van der Waals surface area contributed by atoms with E-state index in [-0.39, 0.29) is 6.61 Å². The van der Waals surface area contributed by atoms with Gasteiger partial charge in [-0.25, -0.2) is 0 Å². The molecule has 0 bridgehead atoms. The lowest BCUT2D eigenvalue weighted by atomic mass is 10.1. The Bertz CT molecular complexity index is 422. The molecule has 0 saturated carbocycles. The minimum atomic E-state index is -1.10. The maximum Gasteiger partial charge on any atom is 0.122 e. The van der Waals surface area contributed by atoms with E-state index in [4.69, 9.17) is 15.6 Å². The van der Waals surface area contributed by atoms with E-state index < -0.39 is 24.4 Å². The summed E-state index contributed by atoms with van der Waals surface area (Å²) in [5.41, 5.74) is 6.36. The lowest BCUT2D eigenvalue weighted by molar-refractivity contribution is -0.0217. The van der Waals surface area contributed by atoms with Crippen molar-refractivity contribution in [3.05, 3.63) is 23.2 Å². The van der Waals surface area contributed by atoms with Crippen LogP contribution in [-0.2, 0) is 4.74 Å². The molecule has 1 fully saturated rings. The Hall–Kier alpha value is -0.990. The zero-order valence-corrected chi connectivity index (χ0v) is 9.80. The maximum atomic E-state index is 9.80. The summed E-state index contributed by atoms with van der Waals surface area (Å²) >= 11 is 1.12. The first-order valence-corrected chi connectivity index (χ1v) is 5.85. The first kappa shape index (κ1) is 12.5. The van der Waals surface area contributed by atoms with Crippen molar-refractivity contribution in [1.82, 2.24) is 4.37 Å². The molecule has 7 heteroatoms. The Labute approximate surface area is 102 Å². The van der Waals surface area contributed by atoms with Gasteiger partial charge in [0.1, 0.15) is 24.4 Å². The number of nitrogens with zero attached hydrogens (tertiary/aromatic N) is 1. The Balaban J connectivity index is 2.19. The molecular formula is C10H14N2O4S. The Morgan fingerprint density at radius 2 is 2.24 bits per heavy atom. The normalized spacial score (nSPS) is 32.9. The average molecular weight is 258 g/mol. The smallest absolute Gasteiger partial charge is 0.122 e. The summed E-state index contributed by atoms with van der Waals surface area (Å²) in [5, 5.41) is 28.4. The number of hydrogen-bond donors (Lipinski definition) is 4. The third-order valence-corrected chi connectivity index (χ3v) is 3.53. The molecule has 1 aromatic heterocycles. The maximum absolute atomic E-state index is 9.80. The van der Waals surface area contributed by atoms with Gasteiger partial charge in [-0.1, -0.05) is 6.58 Å². The van der Waals surface area contributed by atoms with Crippen LogP contribution >= 0.6 is 11.5 Å². The summed E-state index contributed by atoms with van der Waals surface area (Å²) in [7, 11) is 0. The quantitative estimate of drug-likeness (QED) is 0.566. The predicted octanol–water partition coefficient (Wildman–Crippen LogP) is -0.774. The van der Waals surface area contributed by atoms with Crippen LogP contribution < -0.4 is 5.73 Å². The SMILES string of the molecule is C=C(N)c1cc([C@@H]2O[C@H](CO)[C@@H](O)[C@H]2O)sn1. The second-order valence-corrected chi connectivity index (χ2v) is 4.74. The van der Waals surface area contributed by atoms with Crippen LogP contribution in [0.3, 0.4) is 0 Å². The molecule has 0 unspecified atom stereocenters. The van der Waals surface area contributed by atoms with Gasteiger partial charge in [0.05, 0.1) is 22.9 Å². The number of hydrogen-bond acceptors (Lipinski definition) is 7. The molecule has 17 heavy (non-hydrogen) atoms. The van der Waals surface area contributed by atoms with Crippen molar-refractivity contribution in [2.24, 2.45) is 5.73 Å². The molecule has 1 aromatic rings. The molecule has 5 N–H and O–H groups in total. The number of ether oxygens (including phenoxy) is 1. The van der Waals surface area contributed by atoms with E-state index >= 15 is 0 Å². The Kier molecular flexibility index (Phi) is 3.45. The molecule has 1 aliphatic rings. The van der Waals surface area contributed by atoms with E-state index in [1.54, 1.807) is 6.07 Å². The standard InChI is InChI=1S/C10H14N2O4S/c1-4(11)5-2-7(17-12-5)10-9(15)8(14)6(3-13)16-10/h2,6,8-10,13-15H,1,3,11H2/t6-,8-,9-,10+/m1/s1. The van der Waals surface area contributed by atoms with Gasteiger partial charge in [-0.2, -0.15) is 4.37 Å². The predicted molar refractivity (Wildman–Crippen MR) is 62.0 cm³/mol. The molecule has 2 heterocycles. The van der Waals surface area contributed by atoms with Crippen molar-refractivity contribution in [3.63, 3.8) is 0 Å². The van der Waals surface area contributed by atoms with Crippen LogP contribution in [0.5, 0.6) is 0 Å². The monoisotopic (exact) mass is 258 g/mol. The zero-order chi connectivity index (χ0) is 12.6. The molecule has 1 aliphatic heterocycles. The fourth-order valence-electron chi connectivity index (χ4n) is 1.71. The number of aliphatic hydroxyl groups is 3. The highest BCUT2D eigenvalue weighted by Gasteiger charge is 2.43. The molecule has 4 atom stereocenters. The van der Waals surface area contributed by atoms with Crippen LogP contribution in [0.2, 0.25) is 0 Å². The highest BCUT2D eigenvalue weighted by molar-refractivity contribution is 7.06. The molecule has 0 amide bonds. The highest BCUT2D eigenvalue weighted by atomic mass is 32.1. The van der Waals surface area contributed by atoms with Crippen molar-refractivity contribution in [2.75, 3.05) is 6.61 Å². The van der Waals surface area contributed by atoms with Crippen LogP contribution in [0.1, 0.15) is 16.7 Å². The van der Waals surface area contributed by atoms with Crippen molar-refractivity contribution < 1.29 is 20.1 Å². The van der Waals surface area contributed by atoms with Crippen LogP contribution in [0, 0.1) is 0 Å². The largest absolute Gasteiger partial charge is 0.397 e. The first-order chi connectivity index (χ1) is 8.04. The van der Waals surface area contributed by atoms with Crippen molar-refractivity contribution in [2.45, 2.75) is 24.4 Å². The van der Waals surface area contributed by atoms with E-state index in [2.05, 4.69) is 11.0 Å². The Morgan fingerprint density at radius 1 is 1.53 bits per heavy atom. The van der Waals surface area contributed by atoms with Gasteiger partial charge >= 0.3 is 0 Å². The van der Waals surface area contributed by atoms with Crippen LogP contribution in [0.25, 0.3) is 5.70 Å². The molecule has 0 radical (unpaired) electrons. The van der Waals surface area contributed by atoms with E-state index in [0.29, 0.717) is 16.3 Å². The highest BCUT2D eigenvalue weighted by Crippen LogP contribution is 2.35. The van der Waals surface area contributed by atoms with Gasteiger partial charge in [0, 0.05) is 0 Å². The number of aliphatic hydroxyl groups excluding tert-OH is 3. The fourth-order valence-corrected chi connectivity index (χ4v) is 2.55. The van der Waals surface area contributed by atoms with Crippen molar-refractivity contribution in [3.8, 4) is 0 Å². The van der Waals surface area contributed by atoms with Gasteiger partial charge in [0.2, 0.25) is 0 Å². The zero-order valence-electron chi connectivity index (χ0n) is 8.98. The minimum Gasteiger partial charge on any atom is -0.397 e. The lowest BCUT2D eigenvalue weighted by Gasteiger charge is -2.11. The molecule has 94 valence electrons. The summed E-state index contributed by atoms with van der Waals surface area (Å²) in [6, 6.07) is 1.66. The molecule has 0 aromatic carbocycles. The minimum absolute atomic E-state index is 0.333. The van der Waals surface area contributed by atoms with E-state index in [1.807, 2.05) is 0 Å². The molecular weight excluding hydrogens is 244 g/mol. The summed E-state index contributed by atoms with van der Waals surface area (Å²) < 4.78 is 9.42. The Morgan fingerprint density at radius 3 is 2.71 bits per heavy atom. The van der Waals surface area contributed by atoms with Gasteiger partial charge < -0.3 is 25.8 Å². The molecule has 0 spiro atoms. The third kappa shape index (κ3) is 2.20. The van der Waals surface area contributed by atoms with Gasteiger partial charge in [-0.15, -0.1) is 0 Å². The van der Waals surface area contributed by atoms with Gasteiger partial charge in [0.25, 0.3) is 0 Å². The topological polar surface area (TPSA) is 109 Å². The second-order valence-electron chi connectivity index (χ2n) is 3.90. The number of aromatic nitrogens is 1. The molecule has 0 aliphatic carbocycles. The number of nitrogens with two attached hydrogens (primary N) is 1. The van der Waals surface area contributed by atoms with Crippen molar-refractivity contribution in [1.29, 1.82) is 0 Å². The third-order valence-electron chi connectivity index (χ3n) is 2.68. The van der Waals surface area contributed by atoms with Gasteiger partial charge in [-0.05, 0) is 17.6 Å². The summed E-state index contributed by atoms with van der Waals surface area (Å²) in [5.74, 6) is 0. The lowest BCUT2D eigenvalue weighted by Crippen LogP contribution is -2.32. The van der Waals surface area contributed by atoms with Crippen LogP contribution in [-0.4, -0.2) is 44.6 Å².